The van der Waals surface area contributed by atoms with Gasteiger partial charge in [0.1, 0.15) is 11.5 Å². The number of hydrogen-bond donors (Lipinski definition) is 1. The third-order valence-corrected chi connectivity index (χ3v) is 3.21. The highest BCUT2D eigenvalue weighted by atomic mass is 79.9. The van der Waals surface area contributed by atoms with E-state index in [2.05, 4.69) is 22.9 Å². The third kappa shape index (κ3) is 3.12. The van der Waals surface area contributed by atoms with Gasteiger partial charge in [0.25, 0.3) is 0 Å². The van der Waals surface area contributed by atoms with Crippen LogP contribution in [0.3, 0.4) is 0 Å². The largest absolute Gasteiger partial charge is 0.457 e. The van der Waals surface area contributed by atoms with Gasteiger partial charge in [-0.05, 0) is 38.1 Å². The monoisotopic (exact) mass is 305 g/mol. The SMILES string of the molecule is Cc1ccc(Oc2cc(Br)ccc2C(C)N)cc1. The van der Waals surface area contributed by atoms with Crippen LogP contribution in [0.4, 0.5) is 0 Å². The lowest BCUT2D eigenvalue weighted by atomic mass is 10.1. The van der Waals surface area contributed by atoms with Gasteiger partial charge in [-0.2, -0.15) is 0 Å². The van der Waals surface area contributed by atoms with Crippen molar-refractivity contribution in [2.75, 3.05) is 0 Å². The number of rotatable bonds is 3. The zero-order valence-electron chi connectivity index (χ0n) is 10.5. The highest BCUT2D eigenvalue weighted by Gasteiger charge is 2.09. The molecule has 0 saturated heterocycles. The molecule has 0 aliphatic carbocycles. The van der Waals surface area contributed by atoms with Crippen molar-refractivity contribution in [1.29, 1.82) is 0 Å². The number of halogens is 1. The minimum atomic E-state index is -0.0569. The van der Waals surface area contributed by atoms with Crippen LogP contribution in [0.2, 0.25) is 0 Å². The molecule has 0 aliphatic rings. The molecule has 3 heteroatoms. The lowest BCUT2D eigenvalue weighted by molar-refractivity contribution is 0.471. The van der Waals surface area contributed by atoms with Crippen LogP contribution >= 0.6 is 15.9 Å². The van der Waals surface area contributed by atoms with Crippen molar-refractivity contribution in [1.82, 2.24) is 0 Å². The summed E-state index contributed by atoms with van der Waals surface area (Å²) in [5, 5.41) is 0. The van der Waals surface area contributed by atoms with Crippen LogP contribution in [0.25, 0.3) is 0 Å². The molecule has 0 spiro atoms. The molecule has 0 heterocycles. The van der Waals surface area contributed by atoms with Crippen molar-refractivity contribution in [3.63, 3.8) is 0 Å². The first kappa shape index (κ1) is 13.1. The molecule has 2 N–H and O–H groups in total. The Hall–Kier alpha value is -1.32. The molecule has 2 aromatic carbocycles. The maximum Gasteiger partial charge on any atom is 0.133 e. The molecular weight excluding hydrogens is 290 g/mol. The van der Waals surface area contributed by atoms with Crippen molar-refractivity contribution in [3.8, 4) is 11.5 Å². The standard InChI is InChI=1S/C15H16BrNO/c1-10-3-6-13(7-4-10)18-15-9-12(16)5-8-14(15)11(2)17/h3-9,11H,17H2,1-2H3. The van der Waals surface area contributed by atoms with Crippen LogP contribution < -0.4 is 10.5 Å². The van der Waals surface area contributed by atoms with Gasteiger partial charge in [0.05, 0.1) is 0 Å². The minimum absolute atomic E-state index is 0.0569. The Bertz CT molecular complexity index is 535. The molecule has 2 nitrogen and oxygen atoms in total. The molecule has 94 valence electrons. The van der Waals surface area contributed by atoms with E-state index in [1.807, 2.05) is 49.4 Å². The Kier molecular flexibility index (Phi) is 4.04. The van der Waals surface area contributed by atoms with Gasteiger partial charge >= 0.3 is 0 Å². The highest BCUT2D eigenvalue weighted by Crippen LogP contribution is 2.31. The molecular formula is C15H16BrNO. The first-order chi connectivity index (χ1) is 8.56. The first-order valence-electron chi connectivity index (χ1n) is 5.86. The fraction of sp³-hybridized carbons (Fsp3) is 0.200. The fourth-order valence-electron chi connectivity index (χ4n) is 1.71. The van der Waals surface area contributed by atoms with E-state index in [0.717, 1.165) is 21.5 Å². The maximum absolute atomic E-state index is 5.95. The molecule has 0 saturated carbocycles. The van der Waals surface area contributed by atoms with Gasteiger partial charge in [0.2, 0.25) is 0 Å². The molecule has 0 amide bonds. The highest BCUT2D eigenvalue weighted by molar-refractivity contribution is 9.10. The summed E-state index contributed by atoms with van der Waals surface area (Å²) in [7, 11) is 0. The quantitative estimate of drug-likeness (QED) is 0.901. The van der Waals surface area contributed by atoms with Gasteiger partial charge in [0.15, 0.2) is 0 Å². The lowest BCUT2D eigenvalue weighted by Gasteiger charge is -2.14. The van der Waals surface area contributed by atoms with Crippen LogP contribution in [0.15, 0.2) is 46.9 Å². The molecule has 0 bridgehead atoms. The number of benzene rings is 2. The molecule has 2 rings (SSSR count). The van der Waals surface area contributed by atoms with E-state index < -0.39 is 0 Å². The topological polar surface area (TPSA) is 35.2 Å². The minimum Gasteiger partial charge on any atom is -0.457 e. The van der Waals surface area contributed by atoms with E-state index in [1.165, 1.54) is 5.56 Å². The van der Waals surface area contributed by atoms with Crippen molar-refractivity contribution in [3.05, 3.63) is 58.1 Å². The van der Waals surface area contributed by atoms with Gasteiger partial charge < -0.3 is 10.5 Å². The molecule has 1 atom stereocenters. The molecule has 2 aromatic rings. The summed E-state index contributed by atoms with van der Waals surface area (Å²) in [4.78, 5) is 0. The van der Waals surface area contributed by atoms with Crippen LogP contribution in [0, 0.1) is 6.92 Å². The van der Waals surface area contributed by atoms with Crippen molar-refractivity contribution < 1.29 is 4.74 Å². The molecule has 0 aliphatic heterocycles. The Morgan fingerprint density at radius 2 is 1.78 bits per heavy atom. The van der Waals surface area contributed by atoms with Gasteiger partial charge in [-0.15, -0.1) is 0 Å². The summed E-state index contributed by atoms with van der Waals surface area (Å²) in [6.45, 7) is 4.00. The Morgan fingerprint density at radius 3 is 2.39 bits per heavy atom. The zero-order chi connectivity index (χ0) is 13.1. The Morgan fingerprint density at radius 1 is 1.11 bits per heavy atom. The van der Waals surface area contributed by atoms with Crippen molar-refractivity contribution >= 4 is 15.9 Å². The predicted molar refractivity (Wildman–Crippen MR) is 78.0 cm³/mol. The second-order valence-electron chi connectivity index (χ2n) is 4.39. The summed E-state index contributed by atoms with van der Waals surface area (Å²) in [6.07, 6.45) is 0. The van der Waals surface area contributed by atoms with E-state index in [-0.39, 0.29) is 6.04 Å². The molecule has 18 heavy (non-hydrogen) atoms. The number of aryl methyl sites for hydroxylation is 1. The second-order valence-corrected chi connectivity index (χ2v) is 5.30. The van der Waals surface area contributed by atoms with Crippen LogP contribution in [0.5, 0.6) is 11.5 Å². The van der Waals surface area contributed by atoms with Gasteiger partial charge in [-0.1, -0.05) is 39.7 Å². The number of ether oxygens (including phenoxy) is 1. The summed E-state index contributed by atoms with van der Waals surface area (Å²) in [5.74, 6) is 1.61. The summed E-state index contributed by atoms with van der Waals surface area (Å²) in [6, 6.07) is 13.8. The Labute approximate surface area is 116 Å². The average molecular weight is 306 g/mol. The normalized spacial score (nSPS) is 12.2. The summed E-state index contributed by atoms with van der Waals surface area (Å²) >= 11 is 3.45. The molecule has 0 fully saturated rings. The van der Waals surface area contributed by atoms with Gasteiger partial charge in [-0.3, -0.25) is 0 Å². The van der Waals surface area contributed by atoms with Crippen molar-refractivity contribution in [2.45, 2.75) is 19.9 Å². The lowest BCUT2D eigenvalue weighted by Crippen LogP contribution is -2.06. The Balaban J connectivity index is 2.32. The fourth-order valence-corrected chi connectivity index (χ4v) is 2.05. The van der Waals surface area contributed by atoms with E-state index in [0.29, 0.717) is 0 Å². The average Bonchev–Trinajstić information content (AvgIpc) is 2.32. The van der Waals surface area contributed by atoms with Crippen LogP contribution in [-0.2, 0) is 0 Å². The summed E-state index contributed by atoms with van der Waals surface area (Å²) in [5.41, 5.74) is 8.16. The van der Waals surface area contributed by atoms with Gasteiger partial charge in [-0.25, -0.2) is 0 Å². The number of hydrogen-bond acceptors (Lipinski definition) is 2. The van der Waals surface area contributed by atoms with Crippen LogP contribution in [0.1, 0.15) is 24.1 Å². The van der Waals surface area contributed by atoms with Crippen molar-refractivity contribution in [2.24, 2.45) is 5.73 Å². The molecule has 0 radical (unpaired) electrons. The third-order valence-electron chi connectivity index (χ3n) is 2.71. The number of nitrogens with two attached hydrogens (primary N) is 1. The predicted octanol–water partition coefficient (Wildman–Crippen LogP) is 4.57. The van der Waals surface area contributed by atoms with E-state index in [1.54, 1.807) is 0 Å². The molecule has 1 unspecified atom stereocenters. The van der Waals surface area contributed by atoms with Gasteiger partial charge in [0, 0.05) is 16.1 Å². The van der Waals surface area contributed by atoms with E-state index in [9.17, 15) is 0 Å². The summed E-state index contributed by atoms with van der Waals surface area (Å²) < 4.78 is 6.88. The zero-order valence-corrected chi connectivity index (χ0v) is 12.1. The van der Waals surface area contributed by atoms with E-state index >= 15 is 0 Å². The molecule has 0 aromatic heterocycles. The maximum atomic E-state index is 5.95. The second kappa shape index (κ2) is 5.55. The van der Waals surface area contributed by atoms with E-state index in [4.69, 9.17) is 10.5 Å². The smallest absolute Gasteiger partial charge is 0.133 e. The first-order valence-corrected chi connectivity index (χ1v) is 6.65. The van der Waals surface area contributed by atoms with Crippen LogP contribution in [-0.4, -0.2) is 0 Å².